The van der Waals surface area contributed by atoms with Gasteiger partial charge in [-0.1, -0.05) is 10.3 Å². The molecule has 4 rings (SSSR count). The molecule has 10 nitrogen and oxygen atoms in total. The van der Waals surface area contributed by atoms with Crippen LogP contribution in [0.25, 0.3) is 22.6 Å². The molecular formula is C33H44N4O6. The molecule has 4 aromatic rings. The van der Waals surface area contributed by atoms with Gasteiger partial charge in [0.15, 0.2) is 23.2 Å². The monoisotopic (exact) mass is 592 g/mol. The summed E-state index contributed by atoms with van der Waals surface area (Å²) < 4.78 is 34.4. The SMILES string of the molecule is CCN(CC)c1cc(-c2ccc(OCCCCCOc3ccc(-c4cc(N(CC)CC)no4)c(OC)c3)cc2OC)on1. The molecule has 0 radical (unpaired) electrons. The number of nitrogens with zero attached hydrogens (tertiary/aromatic N) is 4. The van der Waals surface area contributed by atoms with Gasteiger partial charge in [0.25, 0.3) is 0 Å². The Balaban J connectivity index is 1.22. The summed E-state index contributed by atoms with van der Waals surface area (Å²) >= 11 is 0. The highest BCUT2D eigenvalue weighted by Gasteiger charge is 2.17. The number of ether oxygens (including phenoxy) is 4. The van der Waals surface area contributed by atoms with Gasteiger partial charge in [0, 0.05) is 50.4 Å². The quantitative estimate of drug-likeness (QED) is 0.109. The molecule has 0 unspecified atom stereocenters. The number of aromatic nitrogens is 2. The van der Waals surface area contributed by atoms with E-state index in [2.05, 4.69) is 47.8 Å². The molecule has 0 bridgehead atoms. The molecule has 0 spiro atoms. The molecule has 2 aromatic heterocycles. The number of hydrogen-bond acceptors (Lipinski definition) is 10. The van der Waals surface area contributed by atoms with E-state index in [0.717, 1.165) is 79.7 Å². The van der Waals surface area contributed by atoms with Gasteiger partial charge in [-0.25, -0.2) is 0 Å². The standard InChI is InChI=1S/C33H44N4O6/c1-7-36(8-2)32-22-30(42-34-32)26-16-14-24(20-28(26)38-5)40-18-12-11-13-19-41-25-15-17-27(29(21-25)39-6)31-23-33(35-43-31)37(9-3)10-4/h14-17,20-23H,7-13,18-19H2,1-6H3. The van der Waals surface area contributed by atoms with E-state index >= 15 is 0 Å². The second-order valence-electron chi connectivity index (χ2n) is 9.93. The van der Waals surface area contributed by atoms with Crippen LogP contribution < -0.4 is 28.7 Å². The molecule has 0 amide bonds. The molecular weight excluding hydrogens is 548 g/mol. The summed E-state index contributed by atoms with van der Waals surface area (Å²) in [5, 5.41) is 8.43. The van der Waals surface area contributed by atoms with Gasteiger partial charge in [0.1, 0.15) is 23.0 Å². The number of hydrogen-bond donors (Lipinski definition) is 0. The van der Waals surface area contributed by atoms with Crippen LogP contribution in [0, 0.1) is 0 Å². The summed E-state index contributed by atoms with van der Waals surface area (Å²) in [6.45, 7) is 13.0. The summed E-state index contributed by atoms with van der Waals surface area (Å²) in [4.78, 5) is 4.27. The van der Waals surface area contributed by atoms with Crippen molar-refractivity contribution in [3.8, 4) is 45.6 Å². The molecule has 0 fully saturated rings. The number of benzene rings is 2. The van der Waals surface area contributed by atoms with E-state index in [1.807, 2.05) is 48.5 Å². The van der Waals surface area contributed by atoms with Crippen molar-refractivity contribution in [3.05, 3.63) is 48.5 Å². The van der Waals surface area contributed by atoms with Crippen molar-refractivity contribution in [3.63, 3.8) is 0 Å². The number of rotatable bonds is 18. The van der Waals surface area contributed by atoms with Crippen LogP contribution in [0.2, 0.25) is 0 Å². The lowest BCUT2D eigenvalue weighted by molar-refractivity contribution is 0.278. The second kappa shape index (κ2) is 15.8. The highest BCUT2D eigenvalue weighted by atomic mass is 16.5. The minimum atomic E-state index is 0.603. The minimum Gasteiger partial charge on any atom is -0.496 e. The molecule has 0 saturated heterocycles. The number of methoxy groups -OCH3 is 2. The largest absolute Gasteiger partial charge is 0.496 e. The lowest BCUT2D eigenvalue weighted by atomic mass is 10.1. The lowest BCUT2D eigenvalue weighted by Gasteiger charge is -2.15. The fraction of sp³-hybridized carbons (Fsp3) is 0.455. The predicted molar refractivity (Wildman–Crippen MR) is 169 cm³/mol. The molecule has 0 aliphatic rings. The maximum absolute atomic E-state index is 5.99. The molecule has 10 heteroatoms. The van der Waals surface area contributed by atoms with Crippen LogP contribution in [0.4, 0.5) is 11.6 Å². The zero-order valence-corrected chi connectivity index (χ0v) is 26.2. The average molecular weight is 593 g/mol. The van der Waals surface area contributed by atoms with Crippen LogP contribution in [0.15, 0.2) is 57.6 Å². The van der Waals surface area contributed by atoms with E-state index in [1.165, 1.54) is 0 Å². The summed E-state index contributed by atoms with van der Waals surface area (Å²) in [7, 11) is 3.29. The van der Waals surface area contributed by atoms with Crippen molar-refractivity contribution in [1.82, 2.24) is 10.3 Å². The van der Waals surface area contributed by atoms with Crippen LogP contribution in [0.1, 0.15) is 47.0 Å². The average Bonchev–Trinajstić information content (AvgIpc) is 3.73. The van der Waals surface area contributed by atoms with Crippen LogP contribution in [-0.2, 0) is 0 Å². The third-order valence-corrected chi connectivity index (χ3v) is 7.37. The van der Waals surface area contributed by atoms with Gasteiger partial charge in [-0.2, -0.15) is 0 Å². The molecule has 0 N–H and O–H groups in total. The Morgan fingerprint density at radius 3 is 1.37 bits per heavy atom. The van der Waals surface area contributed by atoms with Crippen molar-refractivity contribution >= 4 is 11.6 Å². The van der Waals surface area contributed by atoms with Crippen LogP contribution in [0.3, 0.4) is 0 Å². The van der Waals surface area contributed by atoms with E-state index < -0.39 is 0 Å². The molecule has 2 aromatic carbocycles. The molecule has 0 aliphatic heterocycles. The van der Waals surface area contributed by atoms with Crippen LogP contribution >= 0.6 is 0 Å². The number of anilines is 2. The van der Waals surface area contributed by atoms with E-state index in [4.69, 9.17) is 28.0 Å². The molecule has 0 saturated carbocycles. The normalized spacial score (nSPS) is 10.9. The van der Waals surface area contributed by atoms with Crippen molar-refractivity contribution in [2.45, 2.75) is 47.0 Å². The van der Waals surface area contributed by atoms with Gasteiger partial charge >= 0.3 is 0 Å². The smallest absolute Gasteiger partial charge is 0.172 e. The van der Waals surface area contributed by atoms with Crippen molar-refractivity contribution in [2.75, 3.05) is 63.4 Å². The van der Waals surface area contributed by atoms with Crippen LogP contribution in [0.5, 0.6) is 23.0 Å². The zero-order valence-electron chi connectivity index (χ0n) is 26.2. The summed E-state index contributed by atoms with van der Waals surface area (Å²) in [5.41, 5.74) is 1.68. The van der Waals surface area contributed by atoms with E-state index in [9.17, 15) is 0 Å². The first-order chi connectivity index (χ1) is 21.0. The Morgan fingerprint density at radius 1 is 0.581 bits per heavy atom. The maximum atomic E-state index is 5.99. The van der Waals surface area contributed by atoms with Crippen molar-refractivity contribution < 1.29 is 28.0 Å². The first kappa shape index (κ1) is 31.6. The van der Waals surface area contributed by atoms with Gasteiger partial charge in [-0.3, -0.25) is 0 Å². The molecule has 43 heavy (non-hydrogen) atoms. The Bertz CT molecular complexity index is 1300. The highest BCUT2D eigenvalue weighted by Crippen LogP contribution is 2.36. The molecule has 232 valence electrons. The zero-order chi connectivity index (χ0) is 30.6. The fourth-order valence-electron chi connectivity index (χ4n) is 4.87. The molecule has 0 aliphatic carbocycles. The Kier molecular flexibility index (Phi) is 11.6. The van der Waals surface area contributed by atoms with Gasteiger partial charge in [0.05, 0.1) is 38.6 Å². The van der Waals surface area contributed by atoms with Crippen LogP contribution in [-0.4, -0.2) is 63.9 Å². The fourth-order valence-corrected chi connectivity index (χ4v) is 4.87. The van der Waals surface area contributed by atoms with Gasteiger partial charge < -0.3 is 37.8 Å². The third-order valence-electron chi connectivity index (χ3n) is 7.37. The Morgan fingerprint density at radius 2 is 1.00 bits per heavy atom. The predicted octanol–water partition coefficient (Wildman–Crippen LogP) is 7.33. The van der Waals surface area contributed by atoms with Gasteiger partial charge in [-0.15, -0.1) is 0 Å². The van der Waals surface area contributed by atoms with E-state index in [-0.39, 0.29) is 0 Å². The van der Waals surface area contributed by atoms with Gasteiger partial charge in [-0.05, 0) is 71.2 Å². The lowest BCUT2D eigenvalue weighted by Crippen LogP contribution is -2.21. The van der Waals surface area contributed by atoms with Gasteiger partial charge in [0.2, 0.25) is 0 Å². The third kappa shape index (κ3) is 7.94. The summed E-state index contributed by atoms with van der Waals surface area (Å²) in [5.74, 6) is 5.84. The molecule has 2 heterocycles. The first-order valence-corrected chi connectivity index (χ1v) is 15.1. The number of unbranched alkanes of at least 4 members (excludes halogenated alkanes) is 2. The summed E-state index contributed by atoms with van der Waals surface area (Å²) in [6, 6.07) is 15.4. The topological polar surface area (TPSA) is 95.5 Å². The van der Waals surface area contributed by atoms with Crippen molar-refractivity contribution in [2.24, 2.45) is 0 Å². The highest BCUT2D eigenvalue weighted by molar-refractivity contribution is 5.70. The maximum Gasteiger partial charge on any atom is 0.172 e. The van der Waals surface area contributed by atoms with Crippen molar-refractivity contribution in [1.29, 1.82) is 0 Å². The summed E-state index contributed by atoms with van der Waals surface area (Å²) in [6.07, 6.45) is 2.79. The Hall–Kier alpha value is -4.34. The van der Waals surface area contributed by atoms with E-state index in [0.29, 0.717) is 36.2 Å². The minimum absolute atomic E-state index is 0.603. The molecule has 0 atom stereocenters. The Labute approximate surface area is 254 Å². The second-order valence-corrected chi connectivity index (χ2v) is 9.93. The first-order valence-electron chi connectivity index (χ1n) is 15.1. The van der Waals surface area contributed by atoms with E-state index in [1.54, 1.807) is 14.2 Å².